The first-order chi connectivity index (χ1) is 8.66. The number of urea groups is 1. The van der Waals surface area contributed by atoms with Gasteiger partial charge in [-0.3, -0.25) is 0 Å². The van der Waals surface area contributed by atoms with Crippen LogP contribution in [0.3, 0.4) is 0 Å². The summed E-state index contributed by atoms with van der Waals surface area (Å²) < 4.78 is 0. The first kappa shape index (κ1) is 12.2. The number of carbonyl (C=O) groups is 1. The van der Waals surface area contributed by atoms with Crippen molar-refractivity contribution in [1.82, 2.24) is 5.32 Å². The lowest BCUT2D eigenvalue weighted by Crippen LogP contribution is -2.24. The fourth-order valence-corrected chi connectivity index (χ4v) is 1.70. The number of hydrogen-bond acceptors (Lipinski definition) is 1. The molecule has 2 rings (SSSR count). The lowest BCUT2D eigenvalue weighted by molar-refractivity contribution is 0.255. The van der Waals surface area contributed by atoms with Crippen molar-refractivity contribution in [2.45, 2.75) is 13.8 Å². The fraction of sp³-hybridized carbons (Fsp3) is 0.133. The second kappa shape index (κ2) is 5.36. The van der Waals surface area contributed by atoms with Crippen molar-refractivity contribution in [1.29, 1.82) is 0 Å². The van der Waals surface area contributed by atoms with Crippen molar-refractivity contribution in [3.8, 4) is 0 Å². The van der Waals surface area contributed by atoms with Crippen LogP contribution in [0.2, 0.25) is 0 Å². The molecule has 0 radical (unpaired) electrons. The molecule has 0 aromatic heterocycles. The molecule has 2 aromatic rings. The van der Waals surface area contributed by atoms with Gasteiger partial charge in [-0.1, -0.05) is 42.0 Å². The van der Waals surface area contributed by atoms with Crippen LogP contribution >= 0.6 is 0 Å². The molecule has 2 aromatic carbocycles. The van der Waals surface area contributed by atoms with Gasteiger partial charge in [0.15, 0.2) is 0 Å². The molecule has 3 heteroatoms. The van der Waals surface area contributed by atoms with Gasteiger partial charge in [0.05, 0.1) is 5.69 Å². The van der Waals surface area contributed by atoms with Crippen LogP contribution in [0.1, 0.15) is 13.8 Å². The molecular weight excluding hydrogens is 224 g/mol. The Balaban J connectivity index is 2.22. The maximum atomic E-state index is 11.7. The summed E-state index contributed by atoms with van der Waals surface area (Å²) in [5, 5.41) is 7.67. The van der Waals surface area contributed by atoms with Gasteiger partial charge in [0.1, 0.15) is 0 Å². The molecule has 2 N–H and O–H groups in total. The summed E-state index contributed by atoms with van der Waals surface area (Å²) in [7, 11) is 0. The zero-order valence-electron chi connectivity index (χ0n) is 10.5. The topological polar surface area (TPSA) is 41.1 Å². The molecule has 18 heavy (non-hydrogen) atoms. The zero-order valence-corrected chi connectivity index (χ0v) is 10.5. The molecule has 0 spiro atoms. The molecule has 0 heterocycles. The van der Waals surface area contributed by atoms with E-state index in [1.165, 1.54) is 0 Å². The summed E-state index contributed by atoms with van der Waals surface area (Å²) in [4.78, 5) is 11.7. The quantitative estimate of drug-likeness (QED) is 0.821. The highest BCUT2D eigenvalue weighted by molar-refractivity contribution is 6.01. The Hall–Kier alpha value is -2.29. The summed E-state index contributed by atoms with van der Waals surface area (Å²) in [6, 6.07) is 13.6. The summed E-state index contributed by atoms with van der Waals surface area (Å²) in [5.41, 5.74) is 1.86. The summed E-state index contributed by atoms with van der Waals surface area (Å²) >= 11 is 0. The first-order valence-electron chi connectivity index (χ1n) is 5.85. The average molecular weight is 240 g/mol. The van der Waals surface area contributed by atoms with E-state index in [-0.39, 0.29) is 6.03 Å². The number of carbonyl (C=O) groups excluding carboxylic acids is 1. The van der Waals surface area contributed by atoms with E-state index in [1.807, 2.05) is 56.3 Å². The van der Waals surface area contributed by atoms with Gasteiger partial charge in [0.2, 0.25) is 0 Å². The van der Waals surface area contributed by atoms with Crippen LogP contribution in [-0.2, 0) is 0 Å². The van der Waals surface area contributed by atoms with Gasteiger partial charge in [-0.25, -0.2) is 4.79 Å². The summed E-state index contributed by atoms with van der Waals surface area (Å²) in [5.74, 6) is 0. The number of anilines is 1. The third kappa shape index (κ3) is 2.88. The minimum absolute atomic E-state index is 0.229. The van der Waals surface area contributed by atoms with E-state index in [0.29, 0.717) is 0 Å². The van der Waals surface area contributed by atoms with E-state index in [0.717, 1.165) is 22.0 Å². The van der Waals surface area contributed by atoms with Crippen molar-refractivity contribution in [2.75, 3.05) is 5.32 Å². The Kier molecular flexibility index (Phi) is 3.63. The molecule has 0 saturated heterocycles. The van der Waals surface area contributed by atoms with Crippen molar-refractivity contribution in [2.24, 2.45) is 0 Å². The zero-order chi connectivity index (χ0) is 13.0. The first-order valence-corrected chi connectivity index (χ1v) is 5.85. The minimum atomic E-state index is -0.229. The smallest absolute Gasteiger partial charge is 0.314 e. The second-order valence-electron chi connectivity index (χ2n) is 4.35. The maximum Gasteiger partial charge on any atom is 0.323 e. The normalized spacial score (nSPS) is 9.89. The van der Waals surface area contributed by atoms with Crippen LogP contribution in [0.5, 0.6) is 0 Å². The molecule has 0 unspecified atom stereocenters. The SMILES string of the molecule is CC(C)=CNC(=O)Nc1cccc2ccccc12. The molecule has 0 aliphatic heterocycles. The Morgan fingerprint density at radius 1 is 1.06 bits per heavy atom. The van der Waals surface area contributed by atoms with Crippen LogP contribution in [0.25, 0.3) is 10.8 Å². The van der Waals surface area contributed by atoms with Gasteiger partial charge in [-0.2, -0.15) is 0 Å². The third-order valence-corrected chi connectivity index (χ3v) is 2.53. The molecule has 3 nitrogen and oxygen atoms in total. The summed E-state index contributed by atoms with van der Waals surface area (Å²) in [6.45, 7) is 3.86. The van der Waals surface area contributed by atoms with E-state index in [4.69, 9.17) is 0 Å². The Morgan fingerprint density at radius 3 is 2.56 bits per heavy atom. The Morgan fingerprint density at radius 2 is 1.78 bits per heavy atom. The van der Waals surface area contributed by atoms with Crippen molar-refractivity contribution in [3.05, 3.63) is 54.2 Å². The highest BCUT2D eigenvalue weighted by Crippen LogP contribution is 2.22. The molecule has 0 bridgehead atoms. The summed E-state index contributed by atoms with van der Waals surface area (Å²) in [6.07, 6.45) is 1.68. The average Bonchev–Trinajstić information content (AvgIpc) is 2.37. The molecule has 0 fully saturated rings. The van der Waals surface area contributed by atoms with Crippen molar-refractivity contribution in [3.63, 3.8) is 0 Å². The number of amides is 2. The van der Waals surface area contributed by atoms with Gasteiger partial charge in [-0.05, 0) is 25.3 Å². The largest absolute Gasteiger partial charge is 0.323 e. The predicted molar refractivity (Wildman–Crippen MR) is 75.5 cm³/mol. The van der Waals surface area contributed by atoms with Crippen molar-refractivity contribution >= 4 is 22.5 Å². The third-order valence-electron chi connectivity index (χ3n) is 2.53. The fourth-order valence-electron chi connectivity index (χ4n) is 1.70. The van der Waals surface area contributed by atoms with E-state index < -0.39 is 0 Å². The minimum Gasteiger partial charge on any atom is -0.314 e. The highest BCUT2D eigenvalue weighted by Gasteiger charge is 2.03. The molecule has 0 atom stereocenters. The van der Waals surface area contributed by atoms with Crippen LogP contribution in [0.4, 0.5) is 10.5 Å². The Bertz CT molecular complexity index is 593. The molecule has 2 amide bonds. The Labute approximate surface area is 107 Å². The van der Waals surface area contributed by atoms with Gasteiger partial charge >= 0.3 is 6.03 Å². The van der Waals surface area contributed by atoms with E-state index in [2.05, 4.69) is 10.6 Å². The number of benzene rings is 2. The number of hydrogen-bond donors (Lipinski definition) is 2. The van der Waals surface area contributed by atoms with Crippen LogP contribution in [0.15, 0.2) is 54.2 Å². The number of rotatable bonds is 2. The second-order valence-corrected chi connectivity index (χ2v) is 4.35. The van der Waals surface area contributed by atoms with Crippen LogP contribution in [0, 0.1) is 0 Å². The van der Waals surface area contributed by atoms with Crippen LogP contribution in [-0.4, -0.2) is 6.03 Å². The molecule has 0 saturated carbocycles. The number of nitrogens with one attached hydrogen (secondary N) is 2. The molecule has 92 valence electrons. The van der Waals surface area contributed by atoms with Gasteiger partial charge in [-0.15, -0.1) is 0 Å². The molecule has 0 aliphatic carbocycles. The monoisotopic (exact) mass is 240 g/mol. The number of allylic oxidation sites excluding steroid dienone is 1. The lowest BCUT2D eigenvalue weighted by atomic mass is 10.1. The molecular formula is C15H16N2O. The van der Waals surface area contributed by atoms with Gasteiger partial charge < -0.3 is 10.6 Å². The lowest BCUT2D eigenvalue weighted by Gasteiger charge is -2.08. The van der Waals surface area contributed by atoms with Crippen molar-refractivity contribution < 1.29 is 4.79 Å². The van der Waals surface area contributed by atoms with E-state index in [1.54, 1.807) is 6.20 Å². The van der Waals surface area contributed by atoms with Gasteiger partial charge in [0, 0.05) is 11.6 Å². The van der Waals surface area contributed by atoms with Gasteiger partial charge in [0.25, 0.3) is 0 Å². The molecule has 0 aliphatic rings. The maximum absolute atomic E-state index is 11.7. The van der Waals surface area contributed by atoms with E-state index in [9.17, 15) is 4.79 Å². The van der Waals surface area contributed by atoms with Crippen LogP contribution < -0.4 is 10.6 Å². The highest BCUT2D eigenvalue weighted by atomic mass is 16.2. The predicted octanol–water partition coefficient (Wildman–Crippen LogP) is 3.89. The van der Waals surface area contributed by atoms with E-state index >= 15 is 0 Å². The number of fused-ring (bicyclic) bond motifs is 1. The standard InChI is InChI=1S/C15H16N2O/c1-11(2)10-16-15(18)17-14-9-5-7-12-6-3-4-8-13(12)14/h3-10H,1-2H3,(H2,16,17,18).